The van der Waals surface area contributed by atoms with E-state index in [-0.39, 0.29) is 28.3 Å². The van der Waals surface area contributed by atoms with Crippen molar-refractivity contribution in [2.45, 2.75) is 45.3 Å². The Kier molecular flexibility index (Phi) is 4.20. The maximum Gasteiger partial charge on any atom is 0.271 e. The van der Waals surface area contributed by atoms with Gasteiger partial charge in [0, 0.05) is 24.0 Å². The zero-order valence-corrected chi connectivity index (χ0v) is 12.3. The van der Waals surface area contributed by atoms with Gasteiger partial charge in [-0.3, -0.25) is 10.1 Å². The molecule has 0 heterocycles. The minimum Gasteiger partial charge on any atom is -0.488 e. The fourth-order valence-corrected chi connectivity index (χ4v) is 3.14. The van der Waals surface area contributed by atoms with Crippen LogP contribution in [-0.4, -0.2) is 22.2 Å². The van der Waals surface area contributed by atoms with Crippen LogP contribution in [0.1, 0.15) is 33.1 Å². The predicted molar refractivity (Wildman–Crippen MR) is 76.2 cm³/mol. The van der Waals surface area contributed by atoms with Crippen molar-refractivity contribution in [3.8, 4) is 5.75 Å². The molecule has 6 heteroatoms. The van der Waals surface area contributed by atoms with Gasteiger partial charge in [-0.25, -0.2) is 0 Å². The van der Waals surface area contributed by atoms with Crippen molar-refractivity contribution in [1.29, 1.82) is 0 Å². The molecule has 0 amide bonds. The van der Waals surface area contributed by atoms with Gasteiger partial charge in [0.1, 0.15) is 11.9 Å². The van der Waals surface area contributed by atoms with Gasteiger partial charge in [0.25, 0.3) is 5.69 Å². The Morgan fingerprint density at radius 2 is 2.15 bits per heavy atom. The van der Waals surface area contributed by atoms with Crippen molar-refractivity contribution >= 4 is 17.3 Å². The molecule has 1 aromatic carbocycles. The van der Waals surface area contributed by atoms with Gasteiger partial charge in [0.2, 0.25) is 0 Å². The zero-order valence-electron chi connectivity index (χ0n) is 11.5. The summed E-state index contributed by atoms with van der Waals surface area (Å²) in [6, 6.07) is 4.17. The van der Waals surface area contributed by atoms with Crippen molar-refractivity contribution < 1.29 is 14.8 Å². The predicted octanol–water partition coefficient (Wildman–Crippen LogP) is 3.57. The van der Waals surface area contributed by atoms with E-state index in [1.807, 2.05) is 13.8 Å². The summed E-state index contributed by atoms with van der Waals surface area (Å²) in [5.41, 5.74) is -0.307. The molecular formula is C14H18ClNO4. The summed E-state index contributed by atoms with van der Waals surface area (Å²) in [5, 5.41) is 20.9. The first-order valence-electron chi connectivity index (χ1n) is 6.73. The summed E-state index contributed by atoms with van der Waals surface area (Å²) < 4.78 is 5.87. The monoisotopic (exact) mass is 299 g/mol. The highest BCUT2D eigenvalue weighted by molar-refractivity contribution is 6.32. The van der Waals surface area contributed by atoms with Crippen LogP contribution in [0.3, 0.4) is 0 Å². The van der Waals surface area contributed by atoms with E-state index in [9.17, 15) is 15.2 Å². The van der Waals surface area contributed by atoms with Gasteiger partial charge >= 0.3 is 0 Å². The molecule has 20 heavy (non-hydrogen) atoms. The number of hydrogen-bond acceptors (Lipinski definition) is 4. The van der Waals surface area contributed by atoms with E-state index < -0.39 is 4.92 Å². The normalized spacial score (nSPS) is 24.0. The number of ether oxygens (including phenoxy) is 1. The van der Waals surface area contributed by atoms with E-state index in [1.165, 1.54) is 18.2 Å². The summed E-state index contributed by atoms with van der Waals surface area (Å²) in [7, 11) is 0. The van der Waals surface area contributed by atoms with Gasteiger partial charge in [-0.1, -0.05) is 25.4 Å². The number of aliphatic hydroxyl groups excluding tert-OH is 1. The molecule has 1 fully saturated rings. The van der Waals surface area contributed by atoms with E-state index >= 15 is 0 Å². The minimum atomic E-state index is -0.495. The maximum absolute atomic E-state index is 10.7. The Morgan fingerprint density at radius 3 is 2.60 bits per heavy atom. The van der Waals surface area contributed by atoms with E-state index in [2.05, 4.69) is 0 Å². The van der Waals surface area contributed by atoms with E-state index in [0.717, 1.165) is 12.8 Å². The van der Waals surface area contributed by atoms with Crippen LogP contribution >= 0.6 is 11.6 Å². The number of hydrogen-bond donors (Lipinski definition) is 1. The number of nitro benzene ring substituents is 1. The van der Waals surface area contributed by atoms with E-state index in [1.54, 1.807) is 0 Å². The molecule has 0 radical (unpaired) electrons. The molecule has 1 aliphatic rings. The minimum absolute atomic E-state index is 0.0618. The van der Waals surface area contributed by atoms with Crippen LogP contribution in [-0.2, 0) is 0 Å². The third kappa shape index (κ3) is 2.36. The summed E-state index contributed by atoms with van der Waals surface area (Å²) >= 11 is 6.02. The fourth-order valence-electron chi connectivity index (χ4n) is 2.92. The van der Waals surface area contributed by atoms with Crippen LogP contribution in [0.2, 0.25) is 5.02 Å². The van der Waals surface area contributed by atoms with Gasteiger partial charge in [0.15, 0.2) is 0 Å². The lowest BCUT2D eigenvalue weighted by molar-refractivity contribution is -0.384. The van der Waals surface area contributed by atoms with Gasteiger partial charge < -0.3 is 9.84 Å². The second kappa shape index (κ2) is 5.58. The van der Waals surface area contributed by atoms with Crippen molar-refractivity contribution in [2.24, 2.45) is 5.41 Å². The number of nitro groups is 1. The summed E-state index contributed by atoms with van der Waals surface area (Å²) in [6.07, 6.45) is 1.74. The number of rotatable bonds is 5. The molecule has 0 bridgehead atoms. The average Bonchev–Trinajstić information content (AvgIpc) is 2.41. The molecule has 0 saturated heterocycles. The van der Waals surface area contributed by atoms with Crippen LogP contribution < -0.4 is 4.74 Å². The Morgan fingerprint density at radius 1 is 1.50 bits per heavy atom. The van der Waals surface area contributed by atoms with E-state index in [4.69, 9.17) is 16.3 Å². The highest BCUT2D eigenvalue weighted by Gasteiger charge is 2.53. The number of nitrogens with zero attached hydrogens (tertiary/aromatic N) is 1. The summed E-state index contributed by atoms with van der Waals surface area (Å²) in [5.74, 6) is 0.431. The molecular weight excluding hydrogens is 282 g/mol. The molecule has 2 atom stereocenters. The smallest absolute Gasteiger partial charge is 0.271 e. The Labute approximate surface area is 122 Å². The first-order valence-corrected chi connectivity index (χ1v) is 7.11. The molecule has 2 unspecified atom stereocenters. The Bertz CT molecular complexity index is 516. The standard InChI is InChI=1S/C14H18ClNO4/c1-3-14(4-2)12(17)8-13(14)20-11-6-5-9(16(18)19)7-10(11)15/h5-7,12-13,17H,3-4,8H2,1-2H3. The molecule has 110 valence electrons. The lowest BCUT2D eigenvalue weighted by atomic mass is 9.60. The van der Waals surface area contributed by atoms with Gasteiger partial charge in [-0.15, -0.1) is 0 Å². The highest BCUT2D eigenvalue weighted by Crippen LogP contribution is 2.49. The van der Waals surface area contributed by atoms with Crippen LogP contribution in [0.25, 0.3) is 0 Å². The highest BCUT2D eigenvalue weighted by atomic mass is 35.5. The van der Waals surface area contributed by atoms with Crippen LogP contribution in [0.15, 0.2) is 18.2 Å². The molecule has 1 aromatic rings. The summed E-state index contributed by atoms with van der Waals surface area (Å²) in [6.45, 7) is 4.05. The molecule has 0 spiro atoms. The molecule has 1 aliphatic carbocycles. The molecule has 1 N–H and O–H groups in total. The average molecular weight is 300 g/mol. The van der Waals surface area contributed by atoms with Crippen molar-refractivity contribution in [1.82, 2.24) is 0 Å². The Balaban J connectivity index is 2.17. The topological polar surface area (TPSA) is 72.6 Å². The lowest BCUT2D eigenvalue weighted by Gasteiger charge is -2.52. The number of halogens is 1. The maximum atomic E-state index is 10.7. The lowest BCUT2D eigenvalue weighted by Crippen LogP contribution is -2.59. The quantitative estimate of drug-likeness (QED) is 0.666. The first kappa shape index (κ1) is 15.1. The third-order valence-corrected chi connectivity index (χ3v) is 4.75. The SMILES string of the molecule is CCC1(CC)C(O)CC1Oc1ccc([N+](=O)[O-])cc1Cl. The molecule has 1 saturated carbocycles. The molecule has 5 nitrogen and oxygen atoms in total. The first-order chi connectivity index (χ1) is 9.44. The third-order valence-electron chi connectivity index (χ3n) is 4.45. The molecule has 0 aromatic heterocycles. The van der Waals surface area contributed by atoms with Gasteiger partial charge in [-0.05, 0) is 18.9 Å². The van der Waals surface area contributed by atoms with Crippen molar-refractivity contribution in [3.63, 3.8) is 0 Å². The summed E-state index contributed by atoms with van der Waals surface area (Å²) in [4.78, 5) is 10.2. The van der Waals surface area contributed by atoms with E-state index in [0.29, 0.717) is 12.2 Å². The van der Waals surface area contributed by atoms with Crippen LogP contribution in [0, 0.1) is 15.5 Å². The van der Waals surface area contributed by atoms with Gasteiger partial charge in [0.05, 0.1) is 16.0 Å². The second-order valence-corrected chi connectivity index (χ2v) is 5.58. The molecule has 2 rings (SSSR count). The Hall–Kier alpha value is -1.33. The number of non-ortho nitro benzene ring substituents is 1. The van der Waals surface area contributed by atoms with Crippen LogP contribution in [0.5, 0.6) is 5.75 Å². The van der Waals surface area contributed by atoms with Crippen molar-refractivity contribution in [2.75, 3.05) is 0 Å². The van der Waals surface area contributed by atoms with Crippen LogP contribution in [0.4, 0.5) is 5.69 Å². The van der Waals surface area contributed by atoms with Gasteiger partial charge in [-0.2, -0.15) is 0 Å². The number of aliphatic hydroxyl groups is 1. The second-order valence-electron chi connectivity index (χ2n) is 5.17. The molecule has 0 aliphatic heterocycles. The number of benzene rings is 1. The fraction of sp³-hybridized carbons (Fsp3) is 0.571. The zero-order chi connectivity index (χ0) is 14.9. The van der Waals surface area contributed by atoms with Crippen molar-refractivity contribution in [3.05, 3.63) is 33.3 Å². The largest absolute Gasteiger partial charge is 0.488 e.